The molecule has 0 bridgehead atoms. The van der Waals surface area contributed by atoms with Crippen molar-refractivity contribution in [3.05, 3.63) is 23.0 Å². The Morgan fingerprint density at radius 3 is 2.71 bits per heavy atom. The zero-order chi connectivity index (χ0) is 10.7. The molecule has 1 heterocycles. The zero-order valence-corrected chi connectivity index (χ0v) is 7.08. The number of hydrogen-bond donors (Lipinski definition) is 2. The number of nitrogens with two attached hydrogens (primary N) is 1. The Kier molecular flexibility index (Phi) is 3.08. The molecule has 3 N–H and O–H groups in total. The zero-order valence-electron chi connectivity index (χ0n) is 7.08. The molecule has 6 heteroatoms. The lowest BCUT2D eigenvalue weighted by Crippen LogP contribution is -2.07. The third-order valence-electron chi connectivity index (χ3n) is 1.67. The average molecular weight is 202 g/mol. The van der Waals surface area contributed by atoms with Gasteiger partial charge >= 0.3 is 0 Å². The predicted molar refractivity (Wildman–Crippen MR) is 44.1 cm³/mol. The molecule has 14 heavy (non-hydrogen) atoms. The molecule has 1 aromatic rings. The van der Waals surface area contributed by atoms with Crippen molar-refractivity contribution in [2.75, 3.05) is 0 Å². The third kappa shape index (κ3) is 1.85. The van der Waals surface area contributed by atoms with E-state index in [-0.39, 0.29) is 17.8 Å². The van der Waals surface area contributed by atoms with Crippen molar-refractivity contribution in [3.8, 4) is 5.75 Å². The highest BCUT2D eigenvalue weighted by atomic mass is 19.3. The van der Waals surface area contributed by atoms with Crippen LogP contribution in [0.15, 0.2) is 6.07 Å². The Morgan fingerprint density at radius 2 is 2.29 bits per heavy atom. The summed E-state index contributed by atoms with van der Waals surface area (Å²) in [6, 6.07) is 0.934. The quantitative estimate of drug-likeness (QED) is 0.717. The molecule has 0 aliphatic carbocycles. The maximum Gasteiger partial charge on any atom is 0.284 e. The Labute approximate surface area is 78.4 Å². The van der Waals surface area contributed by atoms with Crippen LogP contribution in [0.2, 0.25) is 0 Å². The molecule has 0 saturated heterocycles. The summed E-state index contributed by atoms with van der Waals surface area (Å²) in [7, 11) is 0. The Morgan fingerprint density at radius 1 is 1.64 bits per heavy atom. The summed E-state index contributed by atoms with van der Waals surface area (Å²) in [4.78, 5) is 13.8. The van der Waals surface area contributed by atoms with Crippen molar-refractivity contribution >= 4 is 6.29 Å². The number of carbonyl (C=O) groups excluding carboxylic acids is 1. The predicted octanol–water partition coefficient (Wildman–Crippen LogP) is 0.996. The summed E-state index contributed by atoms with van der Waals surface area (Å²) < 4.78 is 24.5. The van der Waals surface area contributed by atoms with Crippen molar-refractivity contribution in [3.63, 3.8) is 0 Å². The topological polar surface area (TPSA) is 76.2 Å². The molecule has 0 aromatic carbocycles. The molecule has 1 aromatic heterocycles. The van der Waals surface area contributed by atoms with Gasteiger partial charge in [-0.2, -0.15) is 0 Å². The van der Waals surface area contributed by atoms with Gasteiger partial charge in [-0.25, -0.2) is 13.8 Å². The summed E-state index contributed by atoms with van der Waals surface area (Å²) in [5.74, 6) is -0.695. The smallest absolute Gasteiger partial charge is 0.284 e. The van der Waals surface area contributed by atoms with Gasteiger partial charge in [0.05, 0.1) is 5.69 Å². The highest BCUT2D eigenvalue weighted by molar-refractivity contribution is 5.77. The normalized spacial score (nSPS) is 10.6. The number of aldehydes is 1. The van der Waals surface area contributed by atoms with Crippen LogP contribution in [-0.2, 0) is 6.54 Å². The Bertz CT molecular complexity index is 355. The van der Waals surface area contributed by atoms with Crippen molar-refractivity contribution in [1.29, 1.82) is 0 Å². The molecule has 0 saturated carbocycles. The van der Waals surface area contributed by atoms with E-state index in [1.807, 2.05) is 0 Å². The minimum atomic E-state index is -2.89. The molecule has 0 aliphatic heterocycles. The largest absolute Gasteiger partial charge is 0.506 e. The highest BCUT2D eigenvalue weighted by Gasteiger charge is 2.17. The SMILES string of the molecule is NCc1nc(C(F)F)c(O)cc1C=O. The lowest BCUT2D eigenvalue weighted by molar-refractivity contribution is 0.111. The van der Waals surface area contributed by atoms with Crippen molar-refractivity contribution < 1.29 is 18.7 Å². The Hall–Kier alpha value is -1.56. The van der Waals surface area contributed by atoms with E-state index < -0.39 is 17.9 Å². The van der Waals surface area contributed by atoms with E-state index in [0.717, 1.165) is 6.07 Å². The molecule has 76 valence electrons. The van der Waals surface area contributed by atoms with E-state index >= 15 is 0 Å². The van der Waals surface area contributed by atoms with Gasteiger partial charge < -0.3 is 10.8 Å². The van der Waals surface area contributed by atoms with Crippen LogP contribution >= 0.6 is 0 Å². The van der Waals surface area contributed by atoms with Gasteiger partial charge in [0.25, 0.3) is 6.43 Å². The van der Waals surface area contributed by atoms with Gasteiger partial charge in [-0.05, 0) is 6.07 Å². The molecular weight excluding hydrogens is 194 g/mol. The summed E-state index contributed by atoms with van der Waals surface area (Å²) in [6.45, 7) is -0.131. The number of halogens is 2. The first-order valence-electron chi connectivity index (χ1n) is 3.76. The van der Waals surface area contributed by atoms with Crippen LogP contribution in [0.1, 0.15) is 28.2 Å². The first kappa shape index (κ1) is 10.5. The lowest BCUT2D eigenvalue weighted by atomic mass is 10.1. The molecule has 0 fully saturated rings. The fourth-order valence-corrected chi connectivity index (χ4v) is 0.998. The molecule has 1 rings (SSSR count). The van der Waals surface area contributed by atoms with Gasteiger partial charge in [0.2, 0.25) is 0 Å². The van der Waals surface area contributed by atoms with Crippen LogP contribution < -0.4 is 5.73 Å². The maximum atomic E-state index is 12.2. The standard InChI is InChI=1S/C8H8F2N2O2/c9-8(10)7-6(14)1-4(3-13)5(2-11)12-7/h1,3,8,14H,2,11H2. The van der Waals surface area contributed by atoms with Crippen LogP contribution in [0.4, 0.5) is 8.78 Å². The minimum Gasteiger partial charge on any atom is -0.506 e. The first-order valence-corrected chi connectivity index (χ1v) is 3.76. The summed E-state index contributed by atoms with van der Waals surface area (Å²) in [6.07, 6.45) is -2.48. The minimum absolute atomic E-state index is 0.0226. The van der Waals surface area contributed by atoms with Crippen LogP contribution in [-0.4, -0.2) is 16.4 Å². The van der Waals surface area contributed by atoms with Crippen LogP contribution in [0.3, 0.4) is 0 Å². The van der Waals surface area contributed by atoms with Gasteiger partial charge in [-0.3, -0.25) is 4.79 Å². The first-order chi connectivity index (χ1) is 6.60. The van der Waals surface area contributed by atoms with Crippen LogP contribution in [0.5, 0.6) is 5.75 Å². The van der Waals surface area contributed by atoms with Gasteiger partial charge in [-0.1, -0.05) is 0 Å². The molecule has 0 aliphatic rings. The second-order valence-electron chi connectivity index (χ2n) is 2.55. The monoisotopic (exact) mass is 202 g/mol. The van der Waals surface area contributed by atoms with E-state index in [2.05, 4.69) is 4.98 Å². The number of rotatable bonds is 3. The van der Waals surface area contributed by atoms with E-state index in [4.69, 9.17) is 10.8 Å². The van der Waals surface area contributed by atoms with E-state index in [0.29, 0.717) is 6.29 Å². The fraction of sp³-hybridized carbons (Fsp3) is 0.250. The van der Waals surface area contributed by atoms with Crippen molar-refractivity contribution in [2.24, 2.45) is 5.73 Å². The van der Waals surface area contributed by atoms with Crippen molar-refractivity contribution in [2.45, 2.75) is 13.0 Å². The lowest BCUT2D eigenvalue weighted by Gasteiger charge is -2.06. The van der Waals surface area contributed by atoms with Crippen LogP contribution in [0, 0.1) is 0 Å². The number of aromatic nitrogens is 1. The van der Waals surface area contributed by atoms with E-state index in [1.54, 1.807) is 0 Å². The number of aromatic hydroxyl groups is 1. The molecule has 0 amide bonds. The summed E-state index contributed by atoms with van der Waals surface area (Å²) >= 11 is 0. The van der Waals surface area contributed by atoms with Crippen LogP contribution in [0.25, 0.3) is 0 Å². The molecule has 0 radical (unpaired) electrons. The van der Waals surface area contributed by atoms with Gasteiger partial charge in [-0.15, -0.1) is 0 Å². The van der Waals surface area contributed by atoms with E-state index in [1.165, 1.54) is 0 Å². The van der Waals surface area contributed by atoms with E-state index in [9.17, 15) is 13.6 Å². The molecule has 0 spiro atoms. The summed E-state index contributed by atoms with van der Waals surface area (Å²) in [5.41, 5.74) is 4.52. The van der Waals surface area contributed by atoms with Gasteiger partial charge in [0.1, 0.15) is 11.4 Å². The molecule has 0 atom stereocenters. The second-order valence-corrected chi connectivity index (χ2v) is 2.55. The Balaban J connectivity index is 3.30. The van der Waals surface area contributed by atoms with Gasteiger partial charge in [0.15, 0.2) is 6.29 Å². The van der Waals surface area contributed by atoms with Crippen molar-refractivity contribution in [1.82, 2.24) is 4.98 Å². The van der Waals surface area contributed by atoms with Gasteiger partial charge in [0, 0.05) is 12.1 Å². The molecule has 4 nitrogen and oxygen atoms in total. The number of pyridine rings is 1. The molecule has 0 unspecified atom stereocenters. The number of carbonyl (C=O) groups is 1. The third-order valence-corrected chi connectivity index (χ3v) is 1.67. The fourth-order valence-electron chi connectivity index (χ4n) is 0.998. The average Bonchev–Trinajstić information content (AvgIpc) is 2.16. The summed E-state index contributed by atoms with van der Waals surface area (Å²) in [5, 5.41) is 9.07. The maximum absolute atomic E-state index is 12.2. The number of alkyl halides is 2. The second kappa shape index (κ2) is 4.10. The number of nitrogens with zero attached hydrogens (tertiary/aromatic N) is 1. The highest BCUT2D eigenvalue weighted by Crippen LogP contribution is 2.27. The number of hydrogen-bond acceptors (Lipinski definition) is 4. The molecular formula is C8H8F2N2O2.